The van der Waals surface area contributed by atoms with Crippen LogP contribution in [-0.4, -0.2) is 26.2 Å². The summed E-state index contributed by atoms with van der Waals surface area (Å²) in [6, 6.07) is 3.43. The van der Waals surface area contributed by atoms with Gasteiger partial charge in [-0.25, -0.2) is 8.42 Å². The Morgan fingerprint density at radius 3 is 2.50 bits per heavy atom. The first-order valence-electron chi connectivity index (χ1n) is 4.47. The Balaban J connectivity index is 3.39. The predicted molar refractivity (Wildman–Crippen MR) is 57.4 cm³/mol. The Bertz CT molecular complexity index is 509. The number of ether oxygens (including phenoxy) is 1. The van der Waals surface area contributed by atoms with Crippen LogP contribution in [0.2, 0.25) is 0 Å². The quantitative estimate of drug-likeness (QED) is 0.591. The van der Waals surface area contributed by atoms with Crippen LogP contribution in [0, 0.1) is 10.1 Å². The van der Waals surface area contributed by atoms with Crippen LogP contribution in [0.4, 0.5) is 5.69 Å². The van der Waals surface area contributed by atoms with Gasteiger partial charge in [-0.15, -0.1) is 0 Å². The van der Waals surface area contributed by atoms with E-state index in [2.05, 4.69) is 0 Å². The summed E-state index contributed by atoms with van der Waals surface area (Å²) in [6.45, 7) is 1.50. The summed E-state index contributed by atoms with van der Waals surface area (Å²) in [5.74, 6) is -0.0858. The number of hydrogen-bond acceptors (Lipinski definition) is 5. The van der Waals surface area contributed by atoms with Crippen molar-refractivity contribution in [3.63, 3.8) is 0 Å². The molecule has 0 saturated carbocycles. The van der Waals surface area contributed by atoms with E-state index in [-0.39, 0.29) is 22.1 Å². The van der Waals surface area contributed by atoms with Crippen LogP contribution in [0.1, 0.15) is 6.92 Å². The van der Waals surface area contributed by atoms with E-state index in [0.29, 0.717) is 0 Å². The van der Waals surface area contributed by atoms with Crippen LogP contribution in [0.15, 0.2) is 23.1 Å². The van der Waals surface area contributed by atoms with Gasteiger partial charge in [-0.2, -0.15) is 0 Å². The standard InChI is InChI=1S/C9H11NO5S/c1-3-16(13,14)9-5-4-7(10(11)12)6-8(9)15-2/h4-6H,3H2,1-2H3. The van der Waals surface area contributed by atoms with Gasteiger partial charge < -0.3 is 4.74 Å². The van der Waals surface area contributed by atoms with Gasteiger partial charge in [0, 0.05) is 6.07 Å². The SMILES string of the molecule is CCS(=O)(=O)c1ccc([N+](=O)[O-])cc1OC. The molecule has 1 rings (SSSR count). The molecule has 0 aliphatic carbocycles. The molecule has 0 N–H and O–H groups in total. The highest BCUT2D eigenvalue weighted by atomic mass is 32.2. The molecular weight excluding hydrogens is 234 g/mol. The van der Waals surface area contributed by atoms with Gasteiger partial charge >= 0.3 is 0 Å². The van der Waals surface area contributed by atoms with Gasteiger partial charge in [-0.05, 0) is 6.07 Å². The zero-order valence-electron chi connectivity index (χ0n) is 8.84. The lowest BCUT2D eigenvalue weighted by molar-refractivity contribution is -0.385. The maximum absolute atomic E-state index is 11.6. The topological polar surface area (TPSA) is 86.5 Å². The van der Waals surface area contributed by atoms with Crippen molar-refractivity contribution in [1.82, 2.24) is 0 Å². The zero-order valence-corrected chi connectivity index (χ0v) is 9.65. The summed E-state index contributed by atoms with van der Waals surface area (Å²) in [5.41, 5.74) is -0.202. The van der Waals surface area contributed by atoms with Gasteiger partial charge in [-0.1, -0.05) is 6.92 Å². The fraction of sp³-hybridized carbons (Fsp3) is 0.333. The lowest BCUT2D eigenvalue weighted by atomic mass is 10.3. The molecule has 0 amide bonds. The number of methoxy groups -OCH3 is 1. The molecule has 16 heavy (non-hydrogen) atoms. The van der Waals surface area contributed by atoms with Crippen molar-refractivity contribution in [2.45, 2.75) is 11.8 Å². The number of nitro benzene ring substituents is 1. The fourth-order valence-electron chi connectivity index (χ4n) is 1.18. The molecule has 0 aliphatic rings. The molecule has 0 aromatic heterocycles. The molecule has 0 heterocycles. The molecule has 0 fully saturated rings. The van der Waals surface area contributed by atoms with Crippen molar-refractivity contribution in [1.29, 1.82) is 0 Å². The maximum Gasteiger partial charge on any atom is 0.273 e. The number of non-ortho nitro benzene ring substituents is 1. The van der Waals surface area contributed by atoms with Crippen LogP contribution in [-0.2, 0) is 9.84 Å². The first kappa shape index (κ1) is 12.4. The molecular formula is C9H11NO5S. The van der Waals surface area contributed by atoms with Crippen LogP contribution in [0.3, 0.4) is 0 Å². The first-order chi connectivity index (χ1) is 7.42. The molecule has 0 saturated heterocycles. The average Bonchev–Trinajstić information content (AvgIpc) is 2.28. The molecule has 1 aromatic rings. The predicted octanol–water partition coefficient (Wildman–Crippen LogP) is 1.40. The smallest absolute Gasteiger partial charge is 0.273 e. The molecule has 0 aliphatic heterocycles. The van der Waals surface area contributed by atoms with Crippen LogP contribution in [0.5, 0.6) is 5.75 Å². The Morgan fingerprint density at radius 2 is 2.06 bits per heavy atom. The van der Waals surface area contributed by atoms with E-state index in [1.165, 1.54) is 20.1 Å². The minimum absolute atomic E-state index is 0.00366. The summed E-state index contributed by atoms with van der Waals surface area (Å²) in [7, 11) is -2.16. The number of hydrogen-bond donors (Lipinski definition) is 0. The van der Waals surface area contributed by atoms with Gasteiger partial charge in [0.15, 0.2) is 9.84 Å². The zero-order chi connectivity index (χ0) is 12.3. The highest BCUT2D eigenvalue weighted by Crippen LogP contribution is 2.28. The molecule has 0 radical (unpaired) electrons. The molecule has 1 aromatic carbocycles. The van der Waals surface area contributed by atoms with Gasteiger partial charge in [0.1, 0.15) is 10.6 Å². The van der Waals surface area contributed by atoms with Crippen molar-refractivity contribution >= 4 is 15.5 Å². The highest BCUT2D eigenvalue weighted by molar-refractivity contribution is 7.91. The van der Waals surface area contributed by atoms with Gasteiger partial charge in [0.25, 0.3) is 5.69 Å². The molecule has 0 atom stereocenters. The van der Waals surface area contributed by atoms with E-state index < -0.39 is 14.8 Å². The molecule has 0 spiro atoms. The number of sulfone groups is 1. The third kappa shape index (κ3) is 2.30. The summed E-state index contributed by atoms with van der Waals surface area (Å²) in [6.07, 6.45) is 0. The second kappa shape index (κ2) is 4.48. The number of nitrogens with zero attached hydrogens (tertiary/aromatic N) is 1. The van der Waals surface area contributed by atoms with E-state index in [4.69, 9.17) is 4.74 Å². The molecule has 88 valence electrons. The Morgan fingerprint density at radius 1 is 1.44 bits per heavy atom. The van der Waals surface area contributed by atoms with Crippen molar-refractivity contribution in [2.24, 2.45) is 0 Å². The van der Waals surface area contributed by atoms with Crippen molar-refractivity contribution in [2.75, 3.05) is 12.9 Å². The third-order valence-corrected chi connectivity index (χ3v) is 3.84. The van der Waals surface area contributed by atoms with E-state index in [1.54, 1.807) is 0 Å². The Kier molecular flexibility index (Phi) is 3.48. The van der Waals surface area contributed by atoms with Gasteiger partial charge in [-0.3, -0.25) is 10.1 Å². The Labute approximate surface area is 92.9 Å². The molecule has 7 heteroatoms. The minimum Gasteiger partial charge on any atom is -0.495 e. The Hall–Kier alpha value is -1.63. The molecule has 0 unspecified atom stereocenters. The molecule has 0 bridgehead atoms. The highest BCUT2D eigenvalue weighted by Gasteiger charge is 2.20. The van der Waals surface area contributed by atoms with Crippen LogP contribution in [0.25, 0.3) is 0 Å². The van der Waals surface area contributed by atoms with E-state index in [1.807, 2.05) is 0 Å². The van der Waals surface area contributed by atoms with E-state index >= 15 is 0 Å². The number of rotatable bonds is 4. The minimum atomic E-state index is -3.43. The van der Waals surface area contributed by atoms with Crippen molar-refractivity contribution in [3.8, 4) is 5.75 Å². The molecule has 6 nitrogen and oxygen atoms in total. The van der Waals surface area contributed by atoms with Crippen molar-refractivity contribution in [3.05, 3.63) is 28.3 Å². The van der Waals surface area contributed by atoms with Crippen molar-refractivity contribution < 1.29 is 18.1 Å². The van der Waals surface area contributed by atoms with Crippen LogP contribution >= 0.6 is 0 Å². The van der Waals surface area contributed by atoms with Gasteiger partial charge in [0.05, 0.1) is 23.9 Å². The van der Waals surface area contributed by atoms with Gasteiger partial charge in [0.2, 0.25) is 0 Å². The summed E-state index contributed by atoms with van der Waals surface area (Å²) < 4.78 is 28.1. The summed E-state index contributed by atoms with van der Waals surface area (Å²) in [5, 5.41) is 10.5. The summed E-state index contributed by atoms with van der Waals surface area (Å²) >= 11 is 0. The normalized spacial score (nSPS) is 11.1. The second-order valence-corrected chi connectivity index (χ2v) is 5.24. The van der Waals surface area contributed by atoms with Crippen LogP contribution < -0.4 is 4.74 Å². The fourth-order valence-corrected chi connectivity index (χ4v) is 2.22. The largest absolute Gasteiger partial charge is 0.495 e. The first-order valence-corrected chi connectivity index (χ1v) is 6.12. The second-order valence-electron chi connectivity index (χ2n) is 3.00. The number of benzene rings is 1. The van der Waals surface area contributed by atoms with E-state index in [9.17, 15) is 18.5 Å². The maximum atomic E-state index is 11.6. The third-order valence-electron chi connectivity index (χ3n) is 2.07. The summed E-state index contributed by atoms with van der Waals surface area (Å²) in [4.78, 5) is 9.87. The monoisotopic (exact) mass is 245 g/mol. The van der Waals surface area contributed by atoms with E-state index in [0.717, 1.165) is 12.1 Å². The average molecular weight is 245 g/mol. The lowest BCUT2D eigenvalue weighted by Crippen LogP contribution is -2.06. The number of nitro groups is 1. The lowest BCUT2D eigenvalue weighted by Gasteiger charge is -2.07.